The summed E-state index contributed by atoms with van der Waals surface area (Å²) in [6.07, 6.45) is 4.15. The van der Waals surface area contributed by atoms with Gasteiger partial charge in [0.05, 0.1) is 11.6 Å². The average Bonchev–Trinajstić information content (AvgIpc) is 2.64. The summed E-state index contributed by atoms with van der Waals surface area (Å²) < 4.78 is 18.1. The van der Waals surface area contributed by atoms with Crippen LogP contribution in [-0.4, -0.2) is 48.9 Å². The number of carbonyl (C=O) groups is 2. The summed E-state index contributed by atoms with van der Waals surface area (Å²) in [5, 5.41) is 6.16. The van der Waals surface area contributed by atoms with E-state index in [9.17, 15) is 14.0 Å². The summed E-state index contributed by atoms with van der Waals surface area (Å²) in [4.78, 5) is 32.6. The van der Waals surface area contributed by atoms with Crippen LogP contribution in [0, 0.1) is 5.95 Å². The number of ether oxygens (including phenoxy) is 1. The molecule has 0 bridgehead atoms. The Hall–Kier alpha value is -2.81. The van der Waals surface area contributed by atoms with Crippen molar-refractivity contribution in [1.29, 1.82) is 0 Å². The quantitative estimate of drug-likeness (QED) is 0.200. The number of nitrogens with two attached hydrogens (primary N) is 1. The molecule has 0 fully saturated rings. The Morgan fingerprint density at radius 2 is 2.23 bits per heavy atom. The van der Waals surface area contributed by atoms with Gasteiger partial charge < -0.3 is 20.6 Å². The zero-order valence-corrected chi connectivity index (χ0v) is 14.6. The molecule has 3 N–H and O–H groups in total. The molecule has 1 atom stereocenters. The molecule has 0 spiro atoms. The Morgan fingerprint density at radius 3 is 2.81 bits per heavy atom. The normalized spacial score (nSPS) is 12.2. The van der Waals surface area contributed by atoms with Crippen molar-refractivity contribution in [3.63, 3.8) is 0 Å². The Kier molecular flexibility index (Phi) is 9.55. The van der Waals surface area contributed by atoms with Gasteiger partial charge in [0.2, 0.25) is 11.8 Å². The molecule has 0 radical (unpaired) electrons. The van der Waals surface area contributed by atoms with Crippen LogP contribution in [0.1, 0.15) is 29.6 Å². The molecule has 0 saturated carbocycles. The molecule has 8 nitrogen and oxygen atoms in total. The number of rotatable bonds is 11. The largest absolute Gasteiger partial charge is 0.468 e. The van der Waals surface area contributed by atoms with Crippen LogP contribution in [0.15, 0.2) is 36.1 Å². The molecule has 1 unspecified atom stereocenters. The lowest BCUT2D eigenvalue weighted by atomic mass is 10.0. The SMILES string of the molecule is C=C/C(=N\OC)OCC(=O)C(CCCCN)NC(=O)c1ccc(F)nc1. The summed E-state index contributed by atoms with van der Waals surface area (Å²) in [6.45, 7) is 3.65. The highest BCUT2D eigenvalue weighted by atomic mass is 19.1. The van der Waals surface area contributed by atoms with E-state index in [0.29, 0.717) is 25.8 Å². The van der Waals surface area contributed by atoms with Gasteiger partial charge in [-0.15, -0.1) is 0 Å². The number of aromatic nitrogens is 1. The molecule has 0 aliphatic carbocycles. The van der Waals surface area contributed by atoms with Gasteiger partial charge in [-0.25, -0.2) is 4.98 Å². The molecule has 0 aliphatic heterocycles. The lowest BCUT2D eigenvalue weighted by Gasteiger charge is -2.18. The minimum atomic E-state index is -0.785. The van der Waals surface area contributed by atoms with E-state index < -0.39 is 17.9 Å². The highest BCUT2D eigenvalue weighted by Gasteiger charge is 2.22. The van der Waals surface area contributed by atoms with Crippen molar-refractivity contribution in [1.82, 2.24) is 10.3 Å². The predicted octanol–water partition coefficient (Wildman–Crippen LogP) is 1.18. The van der Waals surface area contributed by atoms with E-state index in [1.165, 1.54) is 19.3 Å². The van der Waals surface area contributed by atoms with Crippen LogP contribution >= 0.6 is 0 Å². The van der Waals surface area contributed by atoms with Gasteiger partial charge in [-0.2, -0.15) is 4.39 Å². The molecule has 1 heterocycles. The van der Waals surface area contributed by atoms with E-state index in [1.807, 2.05) is 0 Å². The van der Waals surface area contributed by atoms with Gasteiger partial charge in [0.15, 0.2) is 12.4 Å². The summed E-state index contributed by atoms with van der Waals surface area (Å²) in [6, 6.07) is 1.57. The van der Waals surface area contributed by atoms with E-state index in [-0.39, 0.29) is 23.9 Å². The second-order valence-electron chi connectivity index (χ2n) is 5.25. The molecule has 0 aliphatic rings. The number of carbonyl (C=O) groups excluding carboxylic acids is 2. The van der Waals surface area contributed by atoms with Crippen LogP contribution in [0.25, 0.3) is 0 Å². The minimum absolute atomic E-state index is 0.0515. The number of amides is 1. The Balaban J connectivity index is 2.74. The monoisotopic (exact) mass is 366 g/mol. The van der Waals surface area contributed by atoms with Crippen LogP contribution in [0.5, 0.6) is 0 Å². The molecule has 1 amide bonds. The summed E-state index contributed by atoms with van der Waals surface area (Å²) in [5.74, 6) is -1.52. The van der Waals surface area contributed by atoms with E-state index in [0.717, 1.165) is 12.3 Å². The lowest BCUT2D eigenvalue weighted by molar-refractivity contribution is -0.123. The van der Waals surface area contributed by atoms with Crippen molar-refractivity contribution in [3.8, 4) is 0 Å². The Bertz CT molecular complexity index is 634. The molecule has 1 rings (SSSR count). The first-order valence-corrected chi connectivity index (χ1v) is 8.03. The maximum atomic E-state index is 12.9. The number of halogens is 1. The fourth-order valence-electron chi connectivity index (χ4n) is 2.02. The first kappa shape index (κ1) is 21.2. The van der Waals surface area contributed by atoms with Gasteiger partial charge in [-0.1, -0.05) is 6.58 Å². The minimum Gasteiger partial charge on any atom is -0.468 e. The van der Waals surface area contributed by atoms with E-state index in [2.05, 4.69) is 26.9 Å². The molecular weight excluding hydrogens is 343 g/mol. The van der Waals surface area contributed by atoms with E-state index in [1.54, 1.807) is 0 Å². The van der Waals surface area contributed by atoms with Crippen molar-refractivity contribution in [2.45, 2.75) is 25.3 Å². The smallest absolute Gasteiger partial charge is 0.253 e. The first-order valence-electron chi connectivity index (χ1n) is 8.03. The standard InChI is InChI=1S/C17H23FN4O4/c1-3-16(22-25-2)26-11-14(23)13(6-4-5-9-19)21-17(24)12-7-8-15(18)20-10-12/h3,7-8,10,13H,1,4-6,9,11,19H2,2H3,(H,21,24)/b22-16+. The van der Waals surface area contributed by atoms with E-state index >= 15 is 0 Å². The van der Waals surface area contributed by atoms with Crippen LogP contribution < -0.4 is 11.1 Å². The van der Waals surface area contributed by atoms with Crippen LogP contribution in [-0.2, 0) is 14.4 Å². The molecule has 26 heavy (non-hydrogen) atoms. The van der Waals surface area contributed by atoms with Crippen LogP contribution in [0.2, 0.25) is 0 Å². The van der Waals surface area contributed by atoms with Gasteiger partial charge in [-0.3, -0.25) is 9.59 Å². The molecule has 142 valence electrons. The highest BCUT2D eigenvalue weighted by molar-refractivity contribution is 5.98. The highest BCUT2D eigenvalue weighted by Crippen LogP contribution is 2.06. The lowest BCUT2D eigenvalue weighted by Crippen LogP contribution is -2.42. The number of hydrogen-bond donors (Lipinski definition) is 2. The number of oxime groups is 1. The fourth-order valence-corrected chi connectivity index (χ4v) is 2.02. The number of hydrogen-bond acceptors (Lipinski definition) is 7. The number of unbranched alkanes of at least 4 members (excludes halogenated alkanes) is 1. The maximum absolute atomic E-state index is 12.9. The van der Waals surface area contributed by atoms with Crippen molar-refractivity contribution >= 4 is 17.6 Å². The zero-order chi connectivity index (χ0) is 19.4. The van der Waals surface area contributed by atoms with Gasteiger partial charge in [0.25, 0.3) is 5.91 Å². The zero-order valence-electron chi connectivity index (χ0n) is 14.6. The molecule has 1 aromatic heterocycles. The Morgan fingerprint density at radius 1 is 1.46 bits per heavy atom. The molecule has 1 aromatic rings. The van der Waals surface area contributed by atoms with Gasteiger partial charge >= 0.3 is 0 Å². The number of ketones is 1. The van der Waals surface area contributed by atoms with Crippen LogP contribution in [0.3, 0.4) is 0 Å². The van der Waals surface area contributed by atoms with Gasteiger partial charge in [-0.05, 0) is 49.2 Å². The molecule has 0 saturated heterocycles. The second kappa shape index (κ2) is 11.7. The summed E-state index contributed by atoms with van der Waals surface area (Å²) in [7, 11) is 1.33. The van der Waals surface area contributed by atoms with Crippen molar-refractivity contribution in [3.05, 3.63) is 42.5 Å². The topological polar surface area (TPSA) is 116 Å². The number of Topliss-reactive ketones (excluding diaryl/α,β-unsaturated/α-hetero) is 1. The van der Waals surface area contributed by atoms with Crippen molar-refractivity contribution < 1.29 is 23.6 Å². The van der Waals surface area contributed by atoms with Crippen LogP contribution in [0.4, 0.5) is 4.39 Å². The number of nitrogens with zero attached hydrogens (tertiary/aromatic N) is 2. The third-order valence-corrected chi connectivity index (χ3v) is 3.35. The van der Waals surface area contributed by atoms with E-state index in [4.69, 9.17) is 10.5 Å². The van der Waals surface area contributed by atoms with Gasteiger partial charge in [0.1, 0.15) is 7.11 Å². The van der Waals surface area contributed by atoms with Crippen molar-refractivity contribution in [2.24, 2.45) is 10.9 Å². The predicted molar refractivity (Wildman–Crippen MR) is 94.0 cm³/mol. The molecule has 0 aromatic carbocycles. The molecular formula is C17H23FN4O4. The maximum Gasteiger partial charge on any atom is 0.253 e. The number of pyridine rings is 1. The first-order chi connectivity index (χ1) is 12.5. The number of nitrogens with one attached hydrogen (secondary N) is 1. The third kappa shape index (κ3) is 7.39. The average molecular weight is 366 g/mol. The van der Waals surface area contributed by atoms with Gasteiger partial charge in [0, 0.05) is 6.20 Å². The summed E-state index contributed by atoms with van der Waals surface area (Å²) in [5.41, 5.74) is 5.62. The third-order valence-electron chi connectivity index (χ3n) is 3.35. The molecule has 9 heteroatoms. The fraction of sp³-hybridized carbons (Fsp3) is 0.412. The van der Waals surface area contributed by atoms with Crippen molar-refractivity contribution in [2.75, 3.05) is 20.3 Å². The summed E-state index contributed by atoms with van der Waals surface area (Å²) >= 11 is 0. The Labute approximate surface area is 151 Å². The second-order valence-corrected chi connectivity index (χ2v) is 5.25.